The highest BCUT2D eigenvalue weighted by Gasteiger charge is 2.12. The van der Waals surface area contributed by atoms with Crippen LogP contribution >= 0.6 is 11.3 Å². The normalized spacial score (nSPS) is 12.5. The predicted octanol–water partition coefficient (Wildman–Crippen LogP) is 2.84. The summed E-state index contributed by atoms with van der Waals surface area (Å²) in [7, 11) is 0. The van der Waals surface area contributed by atoms with Crippen LogP contribution in [0, 0.1) is 12.3 Å². The third-order valence-electron chi connectivity index (χ3n) is 2.51. The lowest BCUT2D eigenvalue weighted by Gasteiger charge is -2.18. The lowest BCUT2D eigenvalue weighted by atomic mass is 9.97. The maximum Gasteiger partial charge on any atom is 0.194 e. The average molecular weight is 237 g/mol. The number of aryl methyl sites for hydroxylation is 1. The van der Waals surface area contributed by atoms with Gasteiger partial charge in [-0.3, -0.25) is 4.40 Å². The third kappa shape index (κ3) is 2.44. The number of aromatic nitrogens is 2. The van der Waals surface area contributed by atoms with E-state index < -0.39 is 0 Å². The lowest BCUT2D eigenvalue weighted by molar-refractivity contribution is 0.378. The number of hydrogen-bond acceptors (Lipinski definition) is 3. The minimum absolute atomic E-state index is 0.326. The number of rotatable bonds is 3. The fraction of sp³-hybridized carbons (Fsp3) is 0.583. The Morgan fingerprint density at radius 2 is 2.19 bits per heavy atom. The average Bonchev–Trinajstić information content (AvgIpc) is 2.67. The van der Waals surface area contributed by atoms with E-state index in [2.05, 4.69) is 54.0 Å². The van der Waals surface area contributed by atoms with Crippen LogP contribution in [0.15, 0.2) is 11.6 Å². The summed E-state index contributed by atoms with van der Waals surface area (Å²) in [6.07, 6.45) is 2.09. The fourth-order valence-corrected chi connectivity index (χ4v) is 2.49. The number of nitrogens with zero attached hydrogens (tertiary/aromatic N) is 2. The van der Waals surface area contributed by atoms with Crippen LogP contribution < -0.4 is 5.32 Å². The largest absolute Gasteiger partial charge is 0.311 e. The summed E-state index contributed by atoms with van der Waals surface area (Å²) in [6.45, 7) is 10.7. The number of thiazole rings is 1. The molecule has 0 aliphatic rings. The molecular weight excluding hydrogens is 218 g/mol. The van der Waals surface area contributed by atoms with E-state index in [1.807, 2.05) is 0 Å². The van der Waals surface area contributed by atoms with Crippen molar-refractivity contribution in [1.29, 1.82) is 0 Å². The van der Waals surface area contributed by atoms with Crippen molar-refractivity contribution in [3.05, 3.63) is 23.0 Å². The van der Waals surface area contributed by atoms with Gasteiger partial charge in [0, 0.05) is 24.7 Å². The standard InChI is InChI=1S/C12H19N3S/c1-9-10(7-13-8-12(2,3)4)15-5-6-16-11(15)14-9/h5-6,13H,7-8H2,1-4H3. The number of nitrogens with one attached hydrogen (secondary N) is 1. The minimum atomic E-state index is 0.326. The molecule has 0 aromatic carbocycles. The van der Waals surface area contributed by atoms with E-state index in [0.717, 1.165) is 23.7 Å². The van der Waals surface area contributed by atoms with Crippen LogP contribution in [-0.4, -0.2) is 15.9 Å². The van der Waals surface area contributed by atoms with E-state index in [4.69, 9.17) is 0 Å². The van der Waals surface area contributed by atoms with Crippen molar-refractivity contribution < 1.29 is 0 Å². The highest BCUT2D eigenvalue weighted by molar-refractivity contribution is 7.15. The van der Waals surface area contributed by atoms with Crippen LogP contribution in [0.5, 0.6) is 0 Å². The molecule has 4 heteroatoms. The molecule has 0 bridgehead atoms. The zero-order chi connectivity index (χ0) is 11.8. The van der Waals surface area contributed by atoms with E-state index in [0.29, 0.717) is 5.41 Å². The van der Waals surface area contributed by atoms with E-state index in [-0.39, 0.29) is 0 Å². The monoisotopic (exact) mass is 237 g/mol. The molecule has 0 amide bonds. The summed E-state index contributed by atoms with van der Waals surface area (Å²) in [5.41, 5.74) is 2.74. The van der Waals surface area contributed by atoms with Crippen molar-refractivity contribution in [3.8, 4) is 0 Å². The molecule has 0 aliphatic carbocycles. The minimum Gasteiger partial charge on any atom is -0.311 e. The van der Waals surface area contributed by atoms with Gasteiger partial charge in [-0.15, -0.1) is 11.3 Å². The molecule has 0 fully saturated rings. The van der Waals surface area contributed by atoms with E-state index >= 15 is 0 Å². The predicted molar refractivity (Wildman–Crippen MR) is 69.0 cm³/mol. The molecule has 0 saturated carbocycles. The summed E-state index contributed by atoms with van der Waals surface area (Å²) in [5, 5.41) is 5.57. The molecule has 16 heavy (non-hydrogen) atoms. The Kier molecular flexibility index (Phi) is 3.04. The van der Waals surface area contributed by atoms with E-state index in [9.17, 15) is 0 Å². The highest BCUT2D eigenvalue weighted by atomic mass is 32.1. The Hall–Kier alpha value is -0.870. The SMILES string of the molecule is Cc1nc2sccn2c1CNCC(C)(C)C. The molecule has 88 valence electrons. The van der Waals surface area contributed by atoms with Gasteiger partial charge in [0.05, 0.1) is 11.4 Å². The van der Waals surface area contributed by atoms with Crippen molar-refractivity contribution in [2.45, 2.75) is 34.2 Å². The van der Waals surface area contributed by atoms with Gasteiger partial charge >= 0.3 is 0 Å². The number of hydrogen-bond donors (Lipinski definition) is 1. The summed E-state index contributed by atoms with van der Waals surface area (Å²) >= 11 is 1.69. The van der Waals surface area contributed by atoms with Crippen LogP contribution in [0.4, 0.5) is 0 Å². The molecule has 0 saturated heterocycles. The number of imidazole rings is 1. The summed E-state index contributed by atoms with van der Waals surface area (Å²) in [4.78, 5) is 5.62. The van der Waals surface area contributed by atoms with Crippen molar-refractivity contribution in [2.75, 3.05) is 6.54 Å². The molecule has 2 aromatic heterocycles. The molecule has 0 atom stereocenters. The third-order valence-corrected chi connectivity index (χ3v) is 3.27. The second-order valence-corrected chi connectivity index (χ2v) is 6.24. The van der Waals surface area contributed by atoms with Gasteiger partial charge in [0.2, 0.25) is 0 Å². The van der Waals surface area contributed by atoms with Crippen molar-refractivity contribution in [2.24, 2.45) is 5.41 Å². The van der Waals surface area contributed by atoms with E-state index in [1.165, 1.54) is 5.69 Å². The van der Waals surface area contributed by atoms with Crippen molar-refractivity contribution in [1.82, 2.24) is 14.7 Å². The van der Waals surface area contributed by atoms with Gasteiger partial charge in [0.1, 0.15) is 0 Å². The maximum atomic E-state index is 4.53. The second kappa shape index (κ2) is 4.18. The van der Waals surface area contributed by atoms with Crippen LogP contribution in [0.25, 0.3) is 4.96 Å². The first kappa shape index (κ1) is 11.6. The van der Waals surface area contributed by atoms with Gasteiger partial charge in [-0.2, -0.15) is 0 Å². The summed E-state index contributed by atoms with van der Waals surface area (Å²) in [6, 6.07) is 0. The van der Waals surface area contributed by atoms with Gasteiger partial charge in [0.25, 0.3) is 0 Å². The molecule has 1 N–H and O–H groups in total. The lowest BCUT2D eigenvalue weighted by Crippen LogP contribution is -2.27. The Bertz CT molecular complexity index is 476. The van der Waals surface area contributed by atoms with Gasteiger partial charge in [-0.05, 0) is 12.3 Å². The Labute approximate surface area is 101 Å². The quantitative estimate of drug-likeness (QED) is 0.889. The molecule has 0 spiro atoms. The van der Waals surface area contributed by atoms with Crippen molar-refractivity contribution >= 4 is 16.3 Å². The highest BCUT2D eigenvalue weighted by Crippen LogP contribution is 2.17. The summed E-state index contributed by atoms with van der Waals surface area (Å²) < 4.78 is 2.18. The zero-order valence-corrected chi connectivity index (χ0v) is 11.2. The Balaban J connectivity index is 2.09. The van der Waals surface area contributed by atoms with Gasteiger partial charge in [-0.25, -0.2) is 4.98 Å². The summed E-state index contributed by atoms with van der Waals surface area (Å²) in [5.74, 6) is 0. The topological polar surface area (TPSA) is 29.3 Å². The molecular formula is C12H19N3S. The second-order valence-electron chi connectivity index (χ2n) is 5.36. The smallest absolute Gasteiger partial charge is 0.194 e. The van der Waals surface area contributed by atoms with Gasteiger partial charge < -0.3 is 5.32 Å². The molecule has 3 nitrogen and oxygen atoms in total. The van der Waals surface area contributed by atoms with Crippen molar-refractivity contribution in [3.63, 3.8) is 0 Å². The van der Waals surface area contributed by atoms with Crippen LogP contribution in [0.3, 0.4) is 0 Å². The van der Waals surface area contributed by atoms with Gasteiger partial charge in [0.15, 0.2) is 4.96 Å². The molecule has 0 aliphatic heterocycles. The molecule has 0 unspecified atom stereocenters. The van der Waals surface area contributed by atoms with Crippen LogP contribution in [-0.2, 0) is 6.54 Å². The Morgan fingerprint density at radius 3 is 2.88 bits per heavy atom. The maximum absolute atomic E-state index is 4.53. The molecule has 0 radical (unpaired) electrons. The first-order valence-electron chi connectivity index (χ1n) is 5.59. The first-order valence-corrected chi connectivity index (χ1v) is 6.47. The molecule has 2 rings (SSSR count). The molecule has 2 aromatic rings. The Morgan fingerprint density at radius 1 is 1.44 bits per heavy atom. The molecule has 2 heterocycles. The van der Waals surface area contributed by atoms with E-state index in [1.54, 1.807) is 11.3 Å². The fourth-order valence-electron chi connectivity index (χ4n) is 1.71. The van der Waals surface area contributed by atoms with Crippen LogP contribution in [0.1, 0.15) is 32.2 Å². The van der Waals surface area contributed by atoms with Crippen LogP contribution in [0.2, 0.25) is 0 Å². The van der Waals surface area contributed by atoms with Gasteiger partial charge in [-0.1, -0.05) is 20.8 Å². The first-order chi connectivity index (χ1) is 7.47. The number of fused-ring (bicyclic) bond motifs is 1. The zero-order valence-electron chi connectivity index (χ0n) is 10.4.